The molecule has 0 aliphatic carbocycles. The second kappa shape index (κ2) is 5.61. The van der Waals surface area contributed by atoms with Crippen LogP contribution in [0.1, 0.15) is 21.6 Å². The fraction of sp³-hybridized carbons (Fsp3) is 0.267. The van der Waals surface area contributed by atoms with E-state index in [1.54, 1.807) is 19.2 Å². The lowest BCUT2D eigenvalue weighted by Gasteiger charge is -2.09. The first-order chi connectivity index (χ1) is 9.08. The van der Waals surface area contributed by atoms with E-state index in [1.165, 1.54) is 5.56 Å². The molecule has 100 valence electrons. The molecule has 0 saturated heterocycles. The second-order valence-corrected chi connectivity index (χ2v) is 4.47. The van der Waals surface area contributed by atoms with Gasteiger partial charge in [-0.1, -0.05) is 17.7 Å². The molecule has 4 heteroatoms. The van der Waals surface area contributed by atoms with Gasteiger partial charge in [-0.05, 0) is 32.0 Å². The Kier molecular flexibility index (Phi) is 3.90. The highest BCUT2D eigenvalue weighted by molar-refractivity contribution is 5.88. The van der Waals surface area contributed by atoms with E-state index in [0.29, 0.717) is 18.7 Å². The molecule has 19 heavy (non-hydrogen) atoms. The van der Waals surface area contributed by atoms with Gasteiger partial charge in [0.2, 0.25) is 0 Å². The van der Waals surface area contributed by atoms with E-state index in [0.717, 1.165) is 11.4 Å². The number of hydrogen-bond acceptors (Lipinski definition) is 2. The molecule has 1 N–H and O–H groups in total. The van der Waals surface area contributed by atoms with Crippen LogP contribution in [0.25, 0.3) is 0 Å². The van der Waals surface area contributed by atoms with Crippen molar-refractivity contribution < 1.29 is 14.6 Å². The SMILES string of the molecule is Cc1ccc(OCCn2ccc(C(=O)O)c2C)cc1. The van der Waals surface area contributed by atoms with E-state index in [-0.39, 0.29) is 0 Å². The van der Waals surface area contributed by atoms with Crippen LogP contribution in [0.5, 0.6) is 5.75 Å². The van der Waals surface area contributed by atoms with Crippen LogP contribution in [0.3, 0.4) is 0 Å². The largest absolute Gasteiger partial charge is 0.492 e. The Hall–Kier alpha value is -2.23. The maximum Gasteiger partial charge on any atom is 0.337 e. The number of benzene rings is 1. The summed E-state index contributed by atoms with van der Waals surface area (Å²) in [6.07, 6.45) is 1.78. The summed E-state index contributed by atoms with van der Waals surface area (Å²) in [4.78, 5) is 10.9. The normalized spacial score (nSPS) is 10.4. The number of rotatable bonds is 5. The van der Waals surface area contributed by atoms with E-state index >= 15 is 0 Å². The zero-order chi connectivity index (χ0) is 13.8. The number of ether oxygens (including phenoxy) is 1. The van der Waals surface area contributed by atoms with Crippen molar-refractivity contribution in [3.63, 3.8) is 0 Å². The Balaban J connectivity index is 1.92. The minimum absolute atomic E-state index is 0.343. The number of aromatic carboxylic acids is 1. The van der Waals surface area contributed by atoms with Crippen LogP contribution >= 0.6 is 0 Å². The van der Waals surface area contributed by atoms with Crippen LogP contribution in [0.4, 0.5) is 0 Å². The summed E-state index contributed by atoms with van der Waals surface area (Å²) >= 11 is 0. The number of aryl methyl sites for hydroxylation is 1. The van der Waals surface area contributed by atoms with Gasteiger partial charge in [0.1, 0.15) is 12.4 Å². The maximum atomic E-state index is 10.9. The molecule has 0 spiro atoms. The molecule has 0 bridgehead atoms. The highest BCUT2D eigenvalue weighted by Gasteiger charge is 2.10. The summed E-state index contributed by atoms with van der Waals surface area (Å²) in [5, 5.41) is 8.96. The van der Waals surface area contributed by atoms with Crippen LogP contribution < -0.4 is 4.74 Å². The monoisotopic (exact) mass is 259 g/mol. The van der Waals surface area contributed by atoms with Gasteiger partial charge in [0.15, 0.2) is 0 Å². The number of aromatic nitrogens is 1. The molecule has 0 aliphatic heterocycles. The van der Waals surface area contributed by atoms with Crippen molar-refractivity contribution in [3.05, 3.63) is 53.3 Å². The smallest absolute Gasteiger partial charge is 0.337 e. The molecule has 1 aromatic carbocycles. The van der Waals surface area contributed by atoms with Gasteiger partial charge in [-0.25, -0.2) is 4.79 Å². The lowest BCUT2D eigenvalue weighted by molar-refractivity contribution is 0.0696. The van der Waals surface area contributed by atoms with Crippen LogP contribution in [-0.4, -0.2) is 22.2 Å². The van der Waals surface area contributed by atoms with Gasteiger partial charge in [-0.15, -0.1) is 0 Å². The average molecular weight is 259 g/mol. The zero-order valence-corrected chi connectivity index (χ0v) is 11.1. The molecular weight excluding hydrogens is 242 g/mol. The first-order valence-electron chi connectivity index (χ1n) is 6.16. The van der Waals surface area contributed by atoms with Crippen molar-refractivity contribution >= 4 is 5.97 Å². The van der Waals surface area contributed by atoms with Crippen molar-refractivity contribution in [3.8, 4) is 5.75 Å². The molecule has 2 rings (SSSR count). The van der Waals surface area contributed by atoms with E-state index in [9.17, 15) is 4.79 Å². The Morgan fingerprint density at radius 2 is 1.89 bits per heavy atom. The fourth-order valence-electron chi connectivity index (χ4n) is 1.92. The van der Waals surface area contributed by atoms with Crippen molar-refractivity contribution in [1.82, 2.24) is 4.57 Å². The molecule has 0 atom stereocenters. The van der Waals surface area contributed by atoms with Crippen LogP contribution in [0.15, 0.2) is 36.5 Å². The molecular formula is C15H17NO3. The first kappa shape index (κ1) is 13.2. The molecule has 1 aromatic heterocycles. The maximum absolute atomic E-state index is 10.9. The van der Waals surface area contributed by atoms with E-state index in [2.05, 4.69) is 0 Å². The lowest BCUT2D eigenvalue weighted by Crippen LogP contribution is -2.09. The van der Waals surface area contributed by atoms with E-state index < -0.39 is 5.97 Å². The summed E-state index contributed by atoms with van der Waals surface area (Å²) in [6.45, 7) is 4.97. The number of carbonyl (C=O) groups is 1. The fourth-order valence-corrected chi connectivity index (χ4v) is 1.92. The van der Waals surface area contributed by atoms with Gasteiger partial charge in [0.05, 0.1) is 12.1 Å². The molecule has 1 heterocycles. The number of carboxylic acids is 1. The Labute approximate surface area is 112 Å². The topological polar surface area (TPSA) is 51.5 Å². The van der Waals surface area contributed by atoms with E-state index in [1.807, 2.05) is 35.8 Å². The number of nitrogens with zero attached hydrogens (tertiary/aromatic N) is 1. The van der Waals surface area contributed by atoms with Crippen molar-refractivity contribution in [2.45, 2.75) is 20.4 Å². The van der Waals surface area contributed by atoms with Gasteiger partial charge in [0.25, 0.3) is 0 Å². The van der Waals surface area contributed by atoms with Crippen LogP contribution in [0.2, 0.25) is 0 Å². The van der Waals surface area contributed by atoms with Crippen molar-refractivity contribution in [1.29, 1.82) is 0 Å². The third-order valence-electron chi connectivity index (χ3n) is 3.09. The van der Waals surface area contributed by atoms with Crippen LogP contribution in [0, 0.1) is 13.8 Å². The highest BCUT2D eigenvalue weighted by Crippen LogP contribution is 2.13. The molecule has 0 saturated carbocycles. The Morgan fingerprint density at radius 3 is 2.47 bits per heavy atom. The Morgan fingerprint density at radius 1 is 1.21 bits per heavy atom. The third-order valence-corrected chi connectivity index (χ3v) is 3.09. The van der Waals surface area contributed by atoms with Crippen molar-refractivity contribution in [2.24, 2.45) is 0 Å². The van der Waals surface area contributed by atoms with Crippen LogP contribution in [-0.2, 0) is 6.54 Å². The van der Waals surface area contributed by atoms with Gasteiger partial charge in [-0.3, -0.25) is 0 Å². The number of carboxylic acid groups (broad SMARTS) is 1. The second-order valence-electron chi connectivity index (χ2n) is 4.47. The molecule has 0 radical (unpaired) electrons. The quantitative estimate of drug-likeness (QED) is 0.898. The van der Waals surface area contributed by atoms with Gasteiger partial charge in [0, 0.05) is 11.9 Å². The van der Waals surface area contributed by atoms with Gasteiger partial charge < -0.3 is 14.4 Å². The molecule has 2 aromatic rings. The molecule has 0 aliphatic rings. The van der Waals surface area contributed by atoms with E-state index in [4.69, 9.17) is 9.84 Å². The van der Waals surface area contributed by atoms with Crippen molar-refractivity contribution in [2.75, 3.05) is 6.61 Å². The number of hydrogen-bond donors (Lipinski definition) is 1. The molecule has 0 fully saturated rings. The summed E-state index contributed by atoms with van der Waals surface area (Å²) < 4.78 is 7.51. The molecule has 4 nitrogen and oxygen atoms in total. The minimum atomic E-state index is -0.893. The lowest BCUT2D eigenvalue weighted by atomic mass is 10.2. The summed E-state index contributed by atoms with van der Waals surface area (Å²) in [5.41, 5.74) is 2.29. The zero-order valence-electron chi connectivity index (χ0n) is 11.1. The Bertz CT molecular complexity index is 570. The standard InChI is InChI=1S/C15H17NO3/c1-11-3-5-13(6-4-11)19-10-9-16-8-7-14(12(16)2)15(17)18/h3-8H,9-10H2,1-2H3,(H,17,18). The van der Waals surface area contributed by atoms with Gasteiger partial charge >= 0.3 is 5.97 Å². The van der Waals surface area contributed by atoms with Gasteiger partial charge in [-0.2, -0.15) is 0 Å². The summed E-state index contributed by atoms with van der Waals surface area (Å²) in [6, 6.07) is 9.47. The molecule has 0 unspecified atom stereocenters. The summed E-state index contributed by atoms with van der Waals surface area (Å²) in [5.74, 6) is -0.0652. The predicted molar refractivity (Wildman–Crippen MR) is 72.8 cm³/mol. The first-order valence-corrected chi connectivity index (χ1v) is 6.16. The third kappa shape index (κ3) is 3.16. The predicted octanol–water partition coefficient (Wildman–Crippen LogP) is 2.88. The highest BCUT2D eigenvalue weighted by atomic mass is 16.5. The minimum Gasteiger partial charge on any atom is -0.492 e. The summed E-state index contributed by atoms with van der Waals surface area (Å²) in [7, 11) is 0. The molecule has 0 amide bonds. The average Bonchev–Trinajstić information content (AvgIpc) is 2.74.